The standard InChI is InChI=1S/C6H14NS/c1-6(2)5-8-4-3-7/h6-7H,3-5H2,1-2H3. The molecule has 0 fully saturated rings. The summed E-state index contributed by atoms with van der Waals surface area (Å²) in [5, 5.41) is 0. The number of rotatable bonds is 4. The van der Waals surface area contributed by atoms with Crippen LogP contribution in [0.5, 0.6) is 0 Å². The van der Waals surface area contributed by atoms with E-state index in [1.165, 1.54) is 5.75 Å². The summed E-state index contributed by atoms with van der Waals surface area (Å²) in [6.07, 6.45) is 0. The monoisotopic (exact) mass is 132 g/mol. The topological polar surface area (TPSA) is 23.8 Å². The molecule has 0 heterocycles. The van der Waals surface area contributed by atoms with Crippen LogP contribution < -0.4 is 5.73 Å². The van der Waals surface area contributed by atoms with Gasteiger partial charge in [0.2, 0.25) is 0 Å². The van der Waals surface area contributed by atoms with Crippen LogP contribution in [-0.2, 0) is 0 Å². The lowest BCUT2D eigenvalue weighted by atomic mass is 10.3. The average Bonchev–Trinajstić information content (AvgIpc) is 1.66. The zero-order valence-electron chi connectivity index (χ0n) is 5.61. The molecule has 1 radical (unpaired) electrons. The van der Waals surface area contributed by atoms with E-state index >= 15 is 0 Å². The zero-order valence-corrected chi connectivity index (χ0v) is 6.42. The Morgan fingerprint density at radius 1 is 1.50 bits per heavy atom. The van der Waals surface area contributed by atoms with Gasteiger partial charge in [0, 0.05) is 12.3 Å². The molecule has 0 spiro atoms. The summed E-state index contributed by atoms with van der Waals surface area (Å²) >= 11 is 1.87. The molecule has 0 aromatic rings. The second-order valence-corrected chi connectivity index (χ2v) is 3.37. The van der Waals surface area contributed by atoms with E-state index in [-0.39, 0.29) is 0 Å². The molecule has 8 heavy (non-hydrogen) atoms. The fraction of sp³-hybridized carbons (Fsp3) is 1.00. The van der Waals surface area contributed by atoms with Crippen LogP contribution in [0.4, 0.5) is 0 Å². The lowest BCUT2D eigenvalue weighted by Gasteiger charge is -2.00. The first kappa shape index (κ1) is 8.31. The highest BCUT2D eigenvalue weighted by atomic mass is 32.2. The molecule has 0 unspecified atom stereocenters. The van der Waals surface area contributed by atoms with Gasteiger partial charge in [0.15, 0.2) is 0 Å². The molecule has 0 aliphatic rings. The maximum Gasteiger partial charge on any atom is 0.0191 e. The highest BCUT2D eigenvalue weighted by molar-refractivity contribution is 7.99. The van der Waals surface area contributed by atoms with Gasteiger partial charge in [0.05, 0.1) is 0 Å². The molecule has 0 atom stereocenters. The molecule has 0 aliphatic carbocycles. The van der Waals surface area contributed by atoms with E-state index in [0.717, 1.165) is 11.7 Å². The van der Waals surface area contributed by atoms with E-state index in [9.17, 15) is 0 Å². The Labute approximate surface area is 56.0 Å². The lowest BCUT2D eigenvalue weighted by Crippen LogP contribution is -1.95. The number of hydrogen-bond acceptors (Lipinski definition) is 1. The molecule has 49 valence electrons. The summed E-state index contributed by atoms with van der Waals surface area (Å²) in [5.74, 6) is 2.99. The lowest BCUT2D eigenvalue weighted by molar-refractivity contribution is 0.750. The van der Waals surface area contributed by atoms with Gasteiger partial charge in [-0.25, -0.2) is 0 Å². The predicted molar refractivity (Wildman–Crippen MR) is 40.1 cm³/mol. The minimum absolute atomic E-state index is 0.567. The molecule has 0 saturated carbocycles. The van der Waals surface area contributed by atoms with Crippen LogP contribution in [-0.4, -0.2) is 18.1 Å². The van der Waals surface area contributed by atoms with Crippen LogP contribution in [0.1, 0.15) is 13.8 Å². The minimum atomic E-state index is 0.567. The van der Waals surface area contributed by atoms with Crippen molar-refractivity contribution in [3.63, 3.8) is 0 Å². The number of nitrogens with one attached hydrogen (secondary N) is 1. The third-order valence-electron chi connectivity index (χ3n) is 0.698. The van der Waals surface area contributed by atoms with Gasteiger partial charge >= 0.3 is 0 Å². The highest BCUT2D eigenvalue weighted by Crippen LogP contribution is 2.05. The first-order chi connectivity index (χ1) is 3.77. The summed E-state index contributed by atoms with van der Waals surface area (Å²) < 4.78 is 0. The van der Waals surface area contributed by atoms with Gasteiger partial charge in [-0.3, -0.25) is 5.73 Å². The summed E-state index contributed by atoms with van der Waals surface area (Å²) in [6.45, 7) is 4.98. The molecule has 0 saturated heterocycles. The van der Waals surface area contributed by atoms with Crippen LogP contribution in [0, 0.1) is 5.92 Å². The van der Waals surface area contributed by atoms with Crippen molar-refractivity contribution >= 4 is 11.8 Å². The van der Waals surface area contributed by atoms with Crippen molar-refractivity contribution < 1.29 is 0 Å². The molecule has 0 aromatic carbocycles. The minimum Gasteiger partial charge on any atom is -0.257 e. The van der Waals surface area contributed by atoms with Crippen molar-refractivity contribution in [3.8, 4) is 0 Å². The fourth-order valence-electron chi connectivity index (χ4n) is 0.391. The molecule has 1 nitrogen and oxygen atoms in total. The molecular formula is C6H14NS. The van der Waals surface area contributed by atoms with E-state index in [4.69, 9.17) is 5.73 Å². The summed E-state index contributed by atoms with van der Waals surface area (Å²) in [4.78, 5) is 0. The van der Waals surface area contributed by atoms with E-state index in [1.54, 1.807) is 0 Å². The Kier molecular flexibility index (Phi) is 5.66. The molecule has 0 bridgehead atoms. The molecule has 0 amide bonds. The molecular weight excluding hydrogens is 118 g/mol. The average molecular weight is 132 g/mol. The van der Waals surface area contributed by atoms with Crippen molar-refractivity contribution in [1.29, 1.82) is 0 Å². The Balaban J connectivity index is 2.72. The SMILES string of the molecule is CC(C)CSCC[NH]. The van der Waals surface area contributed by atoms with E-state index in [1.807, 2.05) is 11.8 Å². The van der Waals surface area contributed by atoms with Crippen LogP contribution >= 0.6 is 11.8 Å². The van der Waals surface area contributed by atoms with E-state index in [0.29, 0.717) is 6.54 Å². The third-order valence-corrected chi connectivity index (χ3v) is 2.09. The van der Waals surface area contributed by atoms with Crippen LogP contribution in [0.2, 0.25) is 0 Å². The smallest absolute Gasteiger partial charge is 0.0191 e. The number of thioether (sulfide) groups is 1. The molecule has 0 aromatic heterocycles. The Bertz CT molecular complexity index is 45.8. The summed E-state index contributed by atoms with van der Waals surface area (Å²) in [6, 6.07) is 0. The third kappa shape index (κ3) is 6.31. The Morgan fingerprint density at radius 3 is 2.50 bits per heavy atom. The van der Waals surface area contributed by atoms with Crippen LogP contribution in [0.3, 0.4) is 0 Å². The Hall–Kier alpha value is 0.310. The fourth-order valence-corrected chi connectivity index (χ4v) is 1.17. The van der Waals surface area contributed by atoms with Crippen LogP contribution in [0.15, 0.2) is 0 Å². The first-order valence-electron chi connectivity index (χ1n) is 2.99. The maximum atomic E-state index is 6.83. The molecule has 0 aliphatic heterocycles. The van der Waals surface area contributed by atoms with Crippen LogP contribution in [0.25, 0.3) is 0 Å². The van der Waals surface area contributed by atoms with Gasteiger partial charge in [0.1, 0.15) is 0 Å². The molecule has 1 N–H and O–H groups in total. The normalized spacial score (nSPS) is 10.5. The van der Waals surface area contributed by atoms with Gasteiger partial charge in [0.25, 0.3) is 0 Å². The predicted octanol–water partition coefficient (Wildman–Crippen LogP) is 1.66. The maximum absolute atomic E-state index is 6.83. The van der Waals surface area contributed by atoms with Crippen molar-refractivity contribution in [3.05, 3.63) is 0 Å². The van der Waals surface area contributed by atoms with Gasteiger partial charge in [-0.1, -0.05) is 13.8 Å². The second-order valence-electron chi connectivity index (χ2n) is 2.22. The van der Waals surface area contributed by atoms with Gasteiger partial charge in [-0.2, -0.15) is 11.8 Å². The van der Waals surface area contributed by atoms with Gasteiger partial charge in [-0.05, 0) is 11.7 Å². The van der Waals surface area contributed by atoms with Crippen molar-refractivity contribution in [1.82, 2.24) is 5.73 Å². The van der Waals surface area contributed by atoms with Gasteiger partial charge < -0.3 is 0 Å². The van der Waals surface area contributed by atoms with Crippen molar-refractivity contribution in [2.75, 3.05) is 18.1 Å². The largest absolute Gasteiger partial charge is 0.257 e. The van der Waals surface area contributed by atoms with Crippen molar-refractivity contribution in [2.24, 2.45) is 5.92 Å². The van der Waals surface area contributed by atoms with E-state index < -0.39 is 0 Å². The summed E-state index contributed by atoms with van der Waals surface area (Å²) in [5.41, 5.74) is 6.83. The van der Waals surface area contributed by atoms with E-state index in [2.05, 4.69) is 13.8 Å². The Morgan fingerprint density at radius 2 is 2.12 bits per heavy atom. The molecule has 0 rings (SSSR count). The summed E-state index contributed by atoms with van der Waals surface area (Å²) in [7, 11) is 0. The highest BCUT2D eigenvalue weighted by Gasteiger charge is 1.91. The second kappa shape index (κ2) is 5.45. The first-order valence-corrected chi connectivity index (χ1v) is 4.15. The molecule has 2 heteroatoms. The quantitative estimate of drug-likeness (QED) is 0.534. The van der Waals surface area contributed by atoms with Crippen molar-refractivity contribution in [2.45, 2.75) is 13.8 Å². The van der Waals surface area contributed by atoms with Gasteiger partial charge in [-0.15, -0.1) is 0 Å². The zero-order chi connectivity index (χ0) is 6.41. The number of hydrogen-bond donors (Lipinski definition) is 0.